The van der Waals surface area contributed by atoms with Gasteiger partial charge in [0, 0.05) is 25.2 Å². The number of hydrogen-bond acceptors (Lipinski definition) is 3. The van der Waals surface area contributed by atoms with Gasteiger partial charge < -0.3 is 5.32 Å². The zero-order chi connectivity index (χ0) is 14.4. The minimum Gasteiger partial charge on any atom is -0.309 e. The Hall–Kier alpha value is -0.910. The predicted octanol–water partition coefficient (Wildman–Crippen LogP) is 1.55. The third kappa shape index (κ3) is 2.50. The lowest BCUT2D eigenvalue weighted by Gasteiger charge is -2.38. The first-order chi connectivity index (χ1) is 9.38. The Balaban J connectivity index is 1.92. The average molecular weight is 294 g/mol. The van der Waals surface area contributed by atoms with Gasteiger partial charge in [-0.3, -0.25) is 0 Å². The number of nitrogens with zero attached hydrogens (tertiary/aromatic N) is 1. The Morgan fingerprint density at radius 1 is 1.20 bits per heavy atom. The van der Waals surface area contributed by atoms with E-state index >= 15 is 0 Å². The van der Waals surface area contributed by atoms with Gasteiger partial charge in [0.25, 0.3) is 0 Å². The number of rotatable bonds is 2. The van der Waals surface area contributed by atoms with Gasteiger partial charge in [0.15, 0.2) is 0 Å². The second kappa shape index (κ2) is 4.83. The zero-order valence-corrected chi connectivity index (χ0v) is 13.0. The molecular weight excluding hydrogens is 272 g/mol. The highest BCUT2D eigenvalue weighted by atomic mass is 32.2. The molecule has 1 heterocycles. The van der Waals surface area contributed by atoms with Crippen molar-refractivity contribution in [3.05, 3.63) is 29.3 Å². The van der Waals surface area contributed by atoms with E-state index in [0.29, 0.717) is 24.5 Å². The van der Waals surface area contributed by atoms with Gasteiger partial charge in [0.2, 0.25) is 10.0 Å². The van der Waals surface area contributed by atoms with Crippen LogP contribution in [0.5, 0.6) is 0 Å². The largest absolute Gasteiger partial charge is 0.309 e. The smallest absolute Gasteiger partial charge is 0.243 e. The Morgan fingerprint density at radius 2 is 1.95 bits per heavy atom. The Labute approximate surface area is 121 Å². The first-order valence-corrected chi connectivity index (χ1v) is 8.69. The topological polar surface area (TPSA) is 49.4 Å². The Bertz CT molecular complexity index is 623. The van der Waals surface area contributed by atoms with Gasteiger partial charge in [-0.2, -0.15) is 4.31 Å². The molecule has 20 heavy (non-hydrogen) atoms. The minimum absolute atomic E-state index is 0.165. The van der Waals surface area contributed by atoms with E-state index in [4.69, 9.17) is 0 Å². The van der Waals surface area contributed by atoms with Gasteiger partial charge in [-0.1, -0.05) is 6.07 Å². The van der Waals surface area contributed by atoms with Crippen molar-refractivity contribution in [2.24, 2.45) is 0 Å². The summed E-state index contributed by atoms with van der Waals surface area (Å²) in [4.78, 5) is 0.454. The number of hydrogen-bond donors (Lipinski definition) is 1. The molecule has 0 bridgehead atoms. The molecule has 0 radical (unpaired) electrons. The predicted molar refractivity (Wildman–Crippen MR) is 79.3 cm³/mol. The normalized spacial score (nSPS) is 22.7. The SMILES string of the molecule is CC1(C)CN(S(=O)(=O)c2ccc3c(c2)CCC3)CCN1. The first kappa shape index (κ1) is 14.0. The molecule has 0 amide bonds. The minimum atomic E-state index is -3.36. The van der Waals surface area contributed by atoms with Crippen LogP contribution in [-0.4, -0.2) is 37.9 Å². The lowest BCUT2D eigenvalue weighted by atomic mass is 10.0. The van der Waals surface area contributed by atoms with Crippen molar-refractivity contribution >= 4 is 10.0 Å². The second-order valence-electron chi connectivity index (χ2n) is 6.43. The van der Waals surface area contributed by atoms with E-state index in [9.17, 15) is 8.42 Å². The highest BCUT2D eigenvalue weighted by molar-refractivity contribution is 7.89. The molecule has 0 saturated carbocycles. The van der Waals surface area contributed by atoms with Crippen LogP contribution >= 0.6 is 0 Å². The fourth-order valence-corrected chi connectivity index (χ4v) is 4.81. The standard InChI is InChI=1S/C15H22N2O2S/c1-15(2)11-17(9-8-16-15)20(18,19)14-7-6-12-4-3-5-13(12)10-14/h6-7,10,16H,3-5,8-9,11H2,1-2H3. The molecule has 110 valence electrons. The van der Waals surface area contributed by atoms with E-state index in [1.807, 2.05) is 26.0 Å². The van der Waals surface area contributed by atoms with Crippen LogP contribution in [0.3, 0.4) is 0 Å². The highest BCUT2D eigenvalue weighted by Gasteiger charge is 2.34. The van der Waals surface area contributed by atoms with E-state index < -0.39 is 10.0 Å². The molecule has 1 aliphatic heterocycles. The van der Waals surface area contributed by atoms with Crippen LogP contribution < -0.4 is 5.32 Å². The molecule has 2 aliphatic rings. The third-order valence-electron chi connectivity index (χ3n) is 4.24. The van der Waals surface area contributed by atoms with Gasteiger partial charge in [0.05, 0.1) is 4.90 Å². The maximum absolute atomic E-state index is 12.8. The molecule has 0 aromatic heterocycles. The third-order valence-corrected chi connectivity index (χ3v) is 6.09. The number of benzene rings is 1. The van der Waals surface area contributed by atoms with Gasteiger partial charge >= 0.3 is 0 Å². The quantitative estimate of drug-likeness (QED) is 0.900. The van der Waals surface area contributed by atoms with Gasteiger partial charge in [-0.05, 0) is 56.4 Å². The van der Waals surface area contributed by atoms with Crippen molar-refractivity contribution in [2.45, 2.75) is 43.5 Å². The van der Waals surface area contributed by atoms with Gasteiger partial charge in [-0.25, -0.2) is 8.42 Å². The molecule has 3 rings (SSSR count). The Morgan fingerprint density at radius 3 is 2.70 bits per heavy atom. The van der Waals surface area contributed by atoms with Crippen molar-refractivity contribution in [1.29, 1.82) is 0 Å². The number of fused-ring (bicyclic) bond motifs is 1. The molecule has 0 unspecified atom stereocenters. The van der Waals surface area contributed by atoms with Crippen LogP contribution in [0.4, 0.5) is 0 Å². The fourth-order valence-electron chi connectivity index (χ4n) is 3.16. The lowest BCUT2D eigenvalue weighted by Crippen LogP contribution is -2.58. The van der Waals surface area contributed by atoms with Crippen molar-refractivity contribution in [3.8, 4) is 0 Å². The van der Waals surface area contributed by atoms with Crippen molar-refractivity contribution in [3.63, 3.8) is 0 Å². The lowest BCUT2D eigenvalue weighted by molar-refractivity contribution is 0.233. The summed E-state index contributed by atoms with van der Waals surface area (Å²) in [6, 6.07) is 5.64. The van der Waals surface area contributed by atoms with Gasteiger partial charge in [-0.15, -0.1) is 0 Å². The van der Waals surface area contributed by atoms with Crippen LogP contribution in [0.2, 0.25) is 0 Å². The van der Waals surface area contributed by atoms with E-state index in [2.05, 4.69) is 5.32 Å². The van der Waals surface area contributed by atoms with Crippen LogP contribution in [0.15, 0.2) is 23.1 Å². The first-order valence-electron chi connectivity index (χ1n) is 7.25. The second-order valence-corrected chi connectivity index (χ2v) is 8.37. The summed E-state index contributed by atoms with van der Waals surface area (Å²) in [5.74, 6) is 0. The molecule has 1 saturated heterocycles. The molecular formula is C15H22N2O2S. The molecule has 1 aliphatic carbocycles. The van der Waals surface area contributed by atoms with Crippen molar-refractivity contribution in [1.82, 2.24) is 9.62 Å². The number of piperazine rings is 1. The molecule has 1 aromatic carbocycles. The number of aryl methyl sites for hydroxylation is 2. The van der Waals surface area contributed by atoms with Crippen molar-refractivity contribution < 1.29 is 8.42 Å². The van der Waals surface area contributed by atoms with E-state index in [0.717, 1.165) is 19.3 Å². The van der Waals surface area contributed by atoms with Crippen LogP contribution in [-0.2, 0) is 22.9 Å². The fraction of sp³-hybridized carbons (Fsp3) is 0.600. The summed E-state index contributed by atoms with van der Waals surface area (Å²) in [6.45, 7) is 5.85. The molecule has 1 N–H and O–H groups in total. The molecule has 0 atom stereocenters. The molecule has 1 fully saturated rings. The summed E-state index contributed by atoms with van der Waals surface area (Å²) in [5.41, 5.74) is 2.35. The maximum atomic E-state index is 12.8. The van der Waals surface area contributed by atoms with E-state index in [1.165, 1.54) is 11.1 Å². The number of nitrogens with one attached hydrogen (secondary N) is 1. The monoisotopic (exact) mass is 294 g/mol. The van der Waals surface area contributed by atoms with E-state index in [1.54, 1.807) is 10.4 Å². The van der Waals surface area contributed by atoms with Crippen molar-refractivity contribution in [2.75, 3.05) is 19.6 Å². The summed E-state index contributed by atoms with van der Waals surface area (Å²) < 4.78 is 27.2. The summed E-state index contributed by atoms with van der Waals surface area (Å²) >= 11 is 0. The average Bonchev–Trinajstić information content (AvgIpc) is 2.84. The highest BCUT2D eigenvalue weighted by Crippen LogP contribution is 2.27. The number of sulfonamides is 1. The van der Waals surface area contributed by atoms with Crippen LogP contribution in [0.25, 0.3) is 0 Å². The zero-order valence-electron chi connectivity index (χ0n) is 12.1. The van der Waals surface area contributed by atoms with Crippen LogP contribution in [0, 0.1) is 0 Å². The molecule has 0 spiro atoms. The molecule has 4 nitrogen and oxygen atoms in total. The molecule has 5 heteroatoms. The van der Waals surface area contributed by atoms with Crippen LogP contribution in [0.1, 0.15) is 31.4 Å². The summed E-state index contributed by atoms with van der Waals surface area (Å²) in [7, 11) is -3.36. The molecule has 1 aromatic rings. The maximum Gasteiger partial charge on any atom is 0.243 e. The Kier molecular flexibility index (Phi) is 3.39. The summed E-state index contributed by atoms with van der Waals surface area (Å²) in [6.07, 6.45) is 3.22. The van der Waals surface area contributed by atoms with E-state index in [-0.39, 0.29) is 5.54 Å². The van der Waals surface area contributed by atoms with Gasteiger partial charge in [0.1, 0.15) is 0 Å². The summed E-state index contributed by atoms with van der Waals surface area (Å²) in [5, 5.41) is 3.35.